The first-order valence-corrected chi connectivity index (χ1v) is 5.49. The molecule has 13 heavy (non-hydrogen) atoms. The Kier molecular flexibility index (Phi) is 3.74. The molecule has 0 spiro atoms. The summed E-state index contributed by atoms with van der Waals surface area (Å²) in [5.74, 6) is 0.0194. The normalized spacial score (nSPS) is 22.7. The molecule has 0 aromatic heterocycles. The lowest BCUT2D eigenvalue weighted by Crippen LogP contribution is -2.42. The monoisotopic (exact) mass is 249 g/mol. The summed E-state index contributed by atoms with van der Waals surface area (Å²) in [6.45, 7) is 2.00. The molecule has 0 radical (unpaired) electrons. The van der Waals surface area contributed by atoms with Crippen LogP contribution < -0.4 is 5.32 Å². The van der Waals surface area contributed by atoms with Crippen LogP contribution in [0.5, 0.6) is 0 Å². The van der Waals surface area contributed by atoms with Gasteiger partial charge in [0.15, 0.2) is 0 Å². The van der Waals surface area contributed by atoms with Crippen molar-refractivity contribution < 1.29 is 9.90 Å². The molecule has 1 aliphatic carbocycles. The number of nitrogens with one attached hydrogen (secondary N) is 1. The summed E-state index contributed by atoms with van der Waals surface area (Å²) >= 11 is 3.47. The van der Waals surface area contributed by atoms with Gasteiger partial charge in [-0.15, -0.1) is 0 Å². The lowest BCUT2D eigenvalue weighted by molar-refractivity contribution is -0.123. The number of rotatable bonds is 3. The van der Waals surface area contributed by atoms with Gasteiger partial charge in [-0.2, -0.15) is 0 Å². The Morgan fingerprint density at radius 3 is 2.62 bits per heavy atom. The van der Waals surface area contributed by atoms with Crippen LogP contribution in [-0.4, -0.2) is 28.0 Å². The average Bonchev–Trinajstić information content (AvgIpc) is 2.49. The molecule has 1 fully saturated rings. The van der Waals surface area contributed by atoms with Gasteiger partial charge in [-0.05, 0) is 19.8 Å². The first kappa shape index (κ1) is 11.0. The maximum atomic E-state index is 11.6. The highest BCUT2D eigenvalue weighted by atomic mass is 79.9. The molecule has 0 bridgehead atoms. The fourth-order valence-electron chi connectivity index (χ4n) is 1.56. The molecule has 1 rings (SSSR count). The Morgan fingerprint density at radius 1 is 1.62 bits per heavy atom. The number of aliphatic hydroxyl groups is 1. The van der Waals surface area contributed by atoms with E-state index in [0.29, 0.717) is 6.54 Å². The van der Waals surface area contributed by atoms with Crippen LogP contribution in [0.15, 0.2) is 0 Å². The van der Waals surface area contributed by atoms with Gasteiger partial charge in [0.2, 0.25) is 5.91 Å². The van der Waals surface area contributed by atoms with Crippen LogP contribution in [-0.2, 0) is 4.79 Å². The minimum Gasteiger partial charge on any atom is -0.392 e. The highest BCUT2D eigenvalue weighted by Gasteiger charge is 2.38. The van der Waals surface area contributed by atoms with Crippen molar-refractivity contribution in [2.24, 2.45) is 0 Å². The molecule has 1 atom stereocenters. The third-order valence-corrected chi connectivity index (χ3v) is 3.51. The largest absolute Gasteiger partial charge is 0.392 e. The second-order valence-corrected chi connectivity index (χ2v) is 5.25. The van der Waals surface area contributed by atoms with Crippen molar-refractivity contribution in [3.8, 4) is 0 Å². The van der Waals surface area contributed by atoms with Crippen molar-refractivity contribution in [2.75, 3.05) is 6.54 Å². The minimum atomic E-state index is -0.471. The van der Waals surface area contributed by atoms with E-state index < -0.39 is 6.10 Å². The smallest absolute Gasteiger partial charge is 0.236 e. The van der Waals surface area contributed by atoms with E-state index in [1.807, 2.05) is 0 Å². The van der Waals surface area contributed by atoms with E-state index in [4.69, 9.17) is 5.11 Å². The van der Waals surface area contributed by atoms with Gasteiger partial charge < -0.3 is 10.4 Å². The zero-order valence-corrected chi connectivity index (χ0v) is 9.43. The second kappa shape index (κ2) is 4.42. The quantitative estimate of drug-likeness (QED) is 0.739. The summed E-state index contributed by atoms with van der Waals surface area (Å²) in [4.78, 5) is 11.6. The Balaban J connectivity index is 2.38. The molecule has 76 valence electrons. The van der Waals surface area contributed by atoms with Crippen LogP contribution in [0, 0.1) is 0 Å². The number of aliphatic hydroxyl groups excluding tert-OH is 1. The summed E-state index contributed by atoms with van der Waals surface area (Å²) in [6, 6.07) is 0. The van der Waals surface area contributed by atoms with Crippen molar-refractivity contribution >= 4 is 21.8 Å². The number of amides is 1. The van der Waals surface area contributed by atoms with Crippen molar-refractivity contribution in [3.63, 3.8) is 0 Å². The summed E-state index contributed by atoms with van der Waals surface area (Å²) in [5.41, 5.74) is 0. The van der Waals surface area contributed by atoms with E-state index in [1.165, 1.54) is 0 Å². The molecule has 0 heterocycles. The van der Waals surface area contributed by atoms with Crippen molar-refractivity contribution in [1.82, 2.24) is 5.32 Å². The van der Waals surface area contributed by atoms with Crippen molar-refractivity contribution in [1.29, 1.82) is 0 Å². The molecule has 1 amide bonds. The fourth-order valence-corrected chi connectivity index (χ4v) is 2.26. The Hall–Kier alpha value is -0.0900. The van der Waals surface area contributed by atoms with Gasteiger partial charge in [0.1, 0.15) is 4.32 Å². The lowest BCUT2D eigenvalue weighted by Gasteiger charge is -2.20. The fraction of sp³-hybridized carbons (Fsp3) is 0.889. The summed E-state index contributed by atoms with van der Waals surface area (Å²) < 4.78 is -0.359. The number of carbonyl (C=O) groups is 1. The Labute approximate surface area is 87.0 Å². The van der Waals surface area contributed by atoms with Crippen molar-refractivity contribution in [3.05, 3.63) is 0 Å². The van der Waals surface area contributed by atoms with Gasteiger partial charge in [0.05, 0.1) is 6.10 Å². The van der Waals surface area contributed by atoms with Crippen LogP contribution in [0.3, 0.4) is 0 Å². The second-order valence-electron chi connectivity index (χ2n) is 3.73. The number of halogens is 1. The molecule has 0 unspecified atom stereocenters. The van der Waals surface area contributed by atoms with Gasteiger partial charge >= 0.3 is 0 Å². The molecule has 1 aliphatic rings. The molecule has 0 aromatic rings. The molecule has 0 saturated heterocycles. The van der Waals surface area contributed by atoms with Crippen LogP contribution in [0.4, 0.5) is 0 Å². The number of carbonyl (C=O) groups excluding carboxylic acids is 1. The van der Waals surface area contributed by atoms with Gasteiger partial charge in [-0.1, -0.05) is 28.8 Å². The average molecular weight is 250 g/mol. The third kappa shape index (κ3) is 2.95. The van der Waals surface area contributed by atoms with E-state index >= 15 is 0 Å². The molecular formula is C9H16BrNO2. The summed E-state index contributed by atoms with van der Waals surface area (Å²) in [6.07, 6.45) is 3.54. The summed E-state index contributed by atoms with van der Waals surface area (Å²) in [5, 5.41) is 11.7. The first-order chi connectivity index (χ1) is 6.04. The predicted molar refractivity (Wildman–Crippen MR) is 54.8 cm³/mol. The van der Waals surface area contributed by atoms with Crippen molar-refractivity contribution in [2.45, 2.75) is 43.0 Å². The van der Waals surface area contributed by atoms with Crippen LogP contribution in [0.1, 0.15) is 32.6 Å². The molecule has 1 saturated carbocycles. The lowest BCUT2D eigenvalue weighted by atomic mass is 10.1. The topological polar surface area (TPSA) is 49.3 Å². The predicted octanol–water partition coefficient (Wildman–Crippen LogP) is 1.19. The first-order valence-electron chi connectivity index (χ1n) is 4.70. The van der Waals surface area contributed by atoms with E-state index in [-0.39, 0.29) is 10.2 Å². The minimum absolute atomic E-state index is 0.0194. The molecule has 0 aliphatic heterocycles. The van der Waals surface area contributed by atoms with Gasteiger partial charge in [0, 0.05) is 6.54 Å². The zero-order valence-electron chi connectivity index (χ0n) is 7.85. The zero-order chi connectivity index (χ0) is 9.90. The van der Waals surface area contributed by atoms with Gasteiger partial charge in [-0.3, -0.25) is 4.79 Å². The van der Waals surface area contributed by atoms with Crippen LogP contribution in [0.25, 0.3) is 0 Å². The third-order valence-electron chi connectivity index (χ3n) is 2.36. The van der Waals surface area contributed by atoms with E-state index in [9.17, 15) is 4.79 Å². The summed E-state index contributed by atoms with van der Waals surface area (Å²) in [7, 11) is 0. The number of alkyl halides is 1. The van der Waals surface area contributed by atoms with Gasteiger partial charge in [0.25, 0.3) is 0 Å². The maximum Gasteiger partial charge on any atom is 0.236 e. The number of hydrogen-bond acceptors (Lipinski definition) is 2. The van der Waals surface area contributed by atoms with Gasteiger partial charge in [-0.25, -0.2) is 0 Å². The highest BCUT2D eigenvalue weighted by molar-refractivity contribution is 9.10. The van der Waals surface area contributed by atoms with E-state index in [1.54, 1.807) is 6.92 Å². The molecule has 4 heteroatoms. The Bertz CT molecular complexity index is 188. The maximum absolute atomic E-state index is 11.6. The molecule has 0 aromatic carbocycles. The van der Waals surface area contributed by atoms with Crippen LogP contribution >= 0.6 is 15.9 Å². The molecule has 3 nitrogen and oxygen atoms in total. The van der Waals surface area contributed by atoms with Crippen LogP contribution in [0.2, 0.25) is 0 Å². The SMILES string of the molecule is C[C@H](O)CNC(=O)C1(Br)CCCC1. The highest BCUT2D eigenvalue weighted by Crippen LogP contribution is 2.37. The molecular weight excluding hydrogens is 234 g/mol. The Morgan fingerprint density at radius 2 is 2.15 bits per heavy atom. The van der Waals surface area contributed by atoms with E-state index in [0.717, 1.165) is 25.7 Å². The van der Waals surface area contributed by atoms with E-state index in [2.05, 4.69) is 21.2 Å². The molecule has 2 N–H and O–H groups in total. The number of hydrogen-bond donors (Lipinski definition) is 2. The standard InChI is InChI=1S/C9H16BrNO2/c1-7(12)6-11-8(13)9(10)4-2-3-5-9/h7,12H,2-6H2,1H3,(H,11,13)/t7-/m0/s1.